The third-order valence-electron chi connectivity index (χ3n) is 4.90. The number of unbranched alkanes of at least 4 members (excludes halogenated alkanes) is 11. The summed E-state index contributed by atoms with van der Waals surface area (Å²) >= 11 is 0. The molecule has 0 aromatic heterocycles. The number of aliphatic carboxylic acids is 1. The van der Waals surface area contributed by atoms with Gasteiger partial charge in [0.2, 0.25) is 0 Å². The Morgan fingerprint density at radius 3 is 1.61 bits per heavy atom. The third-order valence-corrected chi connectivity index (χ3v) is 4.90. The first-order chi connectivity index (χ1) is 13.6. The maximum atomic E-state index is 10.3. The first kappa shape index (κ1) is 29.3. The number of hydrogen-bond donors (Lipinski definition) is 3. The molecule has 3 N–H and O–H groups in total. The molecule has 0 aromatic carbocycles. The van der Waals surface area contributed by atoms with Crippen molar-refractivity contribution >= 4 is 5.97 Å². The van der Waals surface area contributed by atoms with Crippen LogP contribution < -0.4 is 0 Å². The molecule has 0 aliphatic rings. The average Bonchev–Trinajstić information content (AvgIpc) is 2.65. The molecule has 28 heavy (non-hydrogen) atoms. The lowest BCUT2D eigenvalue weighted by atomic mass is 10.1. The molecule has 0 aliphatic carbocycles. The Kier molecular flexibility index (Phi) is 27.4. The van der Waals surface area contributed by atoms with Crippen LogP contribution in [0.4, 0.5) is 0 Å². The van der Waals surface area contributed by atoms with Gasteiger partial charge in [0, 0.05) is 19.6 Å². The van der Waals surface area contributed by atoms with Crippen LogP contribution in [0.2, 0.25) is 0 Å². The molecule has 4 heteroatoms. The van der Waals surface area contributed by atoms with Crippen molar-refractivity contribution in [2.45, 2.75) is 117 Å². The van der Waals surface area contributed by atoms with E-state index in [1.807, 2.05) is 6.92 Å². The van der Waals surface area contributed by atoms with E-state index in [9.17, 15) is 4.79 Å². The standard InChI is InChI=1S/C18H34O2.C6H14O2/c1-2-3-4-5-6-7-8-9-10-11-12-13-14-15-16-17-18(19)20;1-6(2-4-7)3-5-8/h9-10H,2-8,11-17H2,1H3,(H,19,20);6-8H,2-5H2,1H3. The number of allylic oxidation sites excluding steroid dienone is 2. The fourth-order valence-electron chi connectivity index (χ4n) is 2.93. The maximum absolute atomic E-state index is 10.3. The average molecular weight is 401 g/mol. The molecule has 0 saturated heterocycles. The molecule has 0 aromatic rings. The minimum absolute atomic E-state index is 0.237. The summed E-state index contributed by atoms with van der Waals surface area (Å²) in [5.41, 5.74) is 0. The van der Waals surface area contributed by atoms with Gasteiger partial charge in [-0.3, -0.25) is 4.79 Å². The molecule has 0 radical (unpaired) electrons. The van der Waals surface area contributed by atoms with Crippen LogP contribution in [0.3, 0.4) is 0 Å². The molecular weight excluding hydrogens is 352 g/mol. The van der Waals surface area contributed by atoms with E-state index >= 15 is 0 Å². The smallest absolute Gasteiger partial charge is 0.303 e. The Labute approximate surface area is 174 Å². The molecule has 0 unspecified atom stereocenters. The number of carboxylic acids is 1. The normalized spacial score (nSPS) is 11.0. The molecule has 4 nitrogen and oxygen atoms in total. The van der Waals surface area contributed by atoms with Crippen molar-refractivity contribution in [1.29, 1.82) is 0 Å². The van der Waals surface area contributed by atoms with Gasteiger partial charge in [-0.1, -0.05) is 77.4 Å². The summed E-state index contributed by atoms with van der Waals surface area (Å²) in [5, 5.41) is 25.3. The van der Waals surface area contributed by atoms with Crippen LogP contribution in [0.5, 0.6) is 0 Å². The third kappa shape index (κ3) is 29.9. The van der Waals surface area contributed by atoms with E-state index in [4.69, 9.17) is 15.3 Å². The molecule has 0 fully saturated rings. The van der Waals surface area contributed by atoms with Crippen LogP contribution in [-0.2, 0) is 4.79 Å². The predicted molar refractivity (Wildman–Crippen MR) is 120 cm³/mol. The topological polar surface area (TPSA) is 77.8 Å². The van der Waals surface area contributed by atoms with E-state index in [0.717, 1.165) is 25.7 Å². The highest BCUT2D eigenvalue weighted by molar-refractivity contribution is 5.66. The molecule has 0 rings (SSSR count). The van der Waals surface area contributed by atoms with Crippen molar-refractivity contribution in [1.82, 2.24) is 0 Å². The monoisotopic (exact) mass is 400 g/mol. The summed E-state index contributed by atoms with van der Waals surface area (Å²) < 4.78 is 0. The van der Waals surface area contributed by atoms with Gasteiger partial charge in [0.1, 0.15) is 0 Å². The van der Waals surface area contributed by atoms with Crippen molar-refractivity contribution in [3.05, 3.63) is 12.2 Å². The van der Waals surface area contributed by atoms with Crippen LogP contribution in [0.1, 0.15) is 117 Å². The van der Waals surface area contributed by atoms with Gasteiger partial charge in [-0.05, 0) is 50.9 Å². The fourth-order valence-corrected chi connectivity index (χ4v) is 2.93. The fraction of sp³-hybridized carbons (Fsp3) is 0.875. The van der Waals surface area contributed by atoms with E-state index in [1.165, 1.54) is 70.6 Å². The SMILES string of the molecule is CC(CCO)CCO.CCCCCCCCC=CCCCCCCCC(=O)O. The molecular formula is C24H48O4. The Bertz CT molecular complexity index is 323. The number of hydrogen-bond acceptors (Lipinski definition) is 3. The Hall–Kier alpha value is -0.870. The predicted octanol–water partition coefficient (Wildman–Crippen LogP) is 6.50. The van der Waals surface area contributed by atoms with Gasteiger partial charge in [0.25, 0.3) is 0 Å². The molecule has 0 amide bonds. The van der Waals surface area contributed by atoms with Crippen molar-refractivity contribution in [2.24, 2.45) is 5.92 Å². The largest absolute Gasteiger partial charge is 0.481 e. The molecule has 0 atom stereocenters. The van der Waals surface area contributed by atoms with E-state index in [-0.39, 0.29) is 13.2 Å². The Morgan fingerprint density at radius 1 is 0.750 bits per heavy atom. The summed E-state index contributed by atoms with van der Waals surface area (Å²) in [6, 6.07) is 0. The summed E-state index contributed by atoms with van der Waals surface area (Å²) in [4.78, 5) is 10.3. The maximum Gasteiger partial charge on any atom is 0.303 e. The second-order valence-corrected chi connectivity index (χ2v) is 7.86. The second kappa shape index (κ2) is 26.1. The minimum Gasteiger partial charge on any atom is -0.481 e. The van der Waals surface area contributed by atoms with Gasteiger partial charge in [-0.15, -0.1) is 0 Å². The van der Waals surface area contributed by atoms with Crippen molar-refractivity contribution < 1.29 is 20.1 Å². The highest BCUT2D eigenvalue weighted by atomic mass is 16.4. The molecule has 0 bridgehead atoms. The zero-order chi connectivity index (χ0) is 21.3. The second-order valence-electron chi connectivity index (χ2n) is 7.86. The first-order valence-corrected chi connectivity index (χ1v) is 11.7. The van der Waals surface area contributed by atoms with Crippen LogP contribution in [0.25, 0.3) is 0 Å². The summed E-state index contributed by atoms with van der Waals surface area (Å²) in [5.74, 6) is -0.201. The van der Waals surface area contributed by atoms with Gasteiger partial charge in [0.05, 0.1) is 0 Å². The van der Waals surface area contributed by atoms with Gasteiger partial charge < -0.3 is 15.3 Å². The van der Waals surface area contributed by atoms with E-state index in [0.29, 0.717) is 12.3 Å². The number of rotatable bonds is 19. The van der Waals surface area contributed by atoms with E-state index in [1.54, 1.807) is 0 Å². The van der Waals surface area contributed by atoms with Crippen LogP contribution in [0.15, 0.2) is 12.2 Å². The summed E-state index contributed by atoms with van der Waals surface area (Å²) in [6.07, 6.45) is 22.9. The van der Waals surface area contributed by atoms with E-state index < -0.39 is 5.97 Å². The lowest BCUT2D eigenvalue weighted by molar-refractivity contribution is -0.137. The Morgan fingerprint density at radius 2 is 1.18 bits per heavy atom. The van der Waals surface area contributed by atoms with Crippen molar-refractivity contribution in [2.75, 3.05) is 13.2 Å². The number of aliphatic hydroxyl groups is 2. The van der Waals surface area contributed by atoms with Crippen molar-refractivity contribution in [3.8, 4) is 0 Å². The number of carbonyl (C=O) groups is 1. The molecule has 168 valence electrons. The molecule has 0 spiro atoms. The number of aliphatic hydroxyl groups excluding tert-OH is 2. The highest BCUT2D eigenvalue weighted by Gasteiger charge is 1.97. The van der Waals surface area contributed by atoms with Crippen LogP contribution in [0, 0.1) is 5.92 Å². The highest BCUT2D eigenvalue weighted by Crippen LogP contribution is 2.09. The zero-order valence-corrected chi connectivity index (χ0v) is 18.7. The van der Waals surface area contributed by atoms with Crippen molar-refractivity contribution in [3.63, 3.8) is 0 Å². The van der Waals surface area contributed by atoms with Crippen LogP contribution >= 0.6 is 0 Å². The minimum atomic E-state index is -0.664. The van der Waals surface area contributed by atoms with Gasteiger partial charge in [-0.25, -0.2) is 0 Å². The van der Waals surface area contributed by atoms with Gasteiger partial charge in [-0.2, -0.15) is 0 Å². The van der Waals surface area contributed by atoms with Gasteiger partial charge >= 0.3 is 5.97 Å². The first-order valence-electron chi connectivity index (χ1n) is 11.7. The zero-order valence-electron chi connectivity index (χ0n) is 18.7. The van der Waals surface area contributed by atoms with Crippen LogP contribution in [-0.4, -0.2) is 34.5 Å². The molecule has 0 saturated carbocycles. The summed E-state index contributed by atoms with van der Waals surface area (Å²) in [7, 11) is 0. The van der Waals surface area contributed by atoms with E-state index in [2.05, 4.69) is 19.1 Å². The lowest BCUT2D eigenvalue weighted by Gasteiger charge is -2.04. The molecule has 0 heterocycles. The number of carboxylic acid groups (broad SMARTS) is 1. The molecule has 0 aliphatic heterocycles. The summed E-state index contributed by atoms with van der Waals surface area (Å²) in [6.45, 7) is 4.75. The lowest BCUT2D eigenvalue weighted by Crippen LogP contribution is -1.99. The van der Waals surface area contributed by atoms with Gasteiger partial charge in [0.15, 0.2) is 0 Å². The quantitative estimate of drug-likeness (QED) is 0.171. The Balaban J connectivity index is 0.